The van der Waals surface area contributed by atoms with Crippen LogP contribution in [0.4, 0.5) is 5.69 Å². The number of aromatic nitrogens is 1. The molecule has 0 saturated heterocycles. The zero-order valence-electron chi connectivity index (χ0n) is 10.3. The van der Waals surface area contributed by atoms with E-state index < -0.39 is 0 Å². The Bertz CT molecular complexity index is 580. The van der Waals surface area contributed by atoms with Gasteiger partial charge in [-0.2, -0.15) is 0 Å². The number of benzene rings is 1. The maximum Gasteiger partial charge on any atom is 0.0865 e. The lowest BCUT2D eigenvalue weighted by atomic mass is 10.00. The van der Waals surface area contributed by atoms with Crippen molar-refractivity contribution in [3.05, 3.63) is 47.7 Å². The van der Waals surface area contributed by atoms with Gasteiger partial charge in [-0.05, 0) is 19.1 Å². The minimum atomic E-state index is -0.175. The lowest BCUT2D eigenvalue weighted by molar-refractivity contribution is 0.560. The van der Waals surface area contributed by atoms with Crippen LogP contribution in [0.1, 0.15) is 17.3 Å². The van der Waals surface area contributed by atoms with Gasteiger partial charge in [0.1, 0.15) is 0 Å². The first-order valence-electron chi connectivity index (χ1n) is 6.04. The number of hydrogen-bond donors (Lipinski definition) is 3. The highest BCUT2D eigenvalue weighted by Crippen LogP contribution is 2.32. The van der Waals surface area contributed by atoms with Gasteiger partial charge in [0.2, 0.25) is 0 Å². The van der Waals surface area contributed by atoms with E-state index in [-0.39, 0.29) is 6.17 Å². The van der Waals surface area contributed by atoms with E-state index in [0.29, 0.717) is 6.67 Å². The molecule has 1 unspecified atom stereocenters. The molecule has 4 heteroatoms. The zero-order chi connectivity index (χ0) is 12.5. The molecule has 4 N–H and O–H groups in total. The van der Waals surface area contributed by atoms with Gasteiger partial charge in [0.25, 0.3) is 0 Å². The molecule has 0 saturated carbocycles. The number of rotatable bonds is 1. The van der Waals surface area contributed by atoms with Gasteiger partial charge in [0, 0.05) is 23.0 Å². The van der Waals surface area contributed by atoms with Crippen LogP contribution in [0.15, 0.2) is 36.5 Å². The van der Waals surface area contributed by atoms with Crippen LogP contribution >= 0.6 is 0 Å². The van der Waals surface area contributed by atoms with E-state index in [1.165, 1.54) is 5.56 Å². The molecule has 3 rings (SSSR count). The van der Waals surface area contributed by atoms with Crippen LogP contribution < -0.4 is 16.4 Å². The van der Waals surface area contributed by atoms with Gasteiger partial charge < -0.3 is 11.1 Å². The predicted molar refractivity (Wildman–Crippen MR) is 73.0 cm³/mol. The third kappa shape index (κ3) is 1.85. The van der Waals surface area contributed by atoms with Crippen molar-refractivity contribution in [2.75, 3.05) is 12.0 Å². The van der Waals surface area contributed by atoms with Crippen LogP contribution in [-0.2, 0) is 0 Å². The Hall–Kier alpha value is -1.91. The Balaban J connectivity index is 2.18. The molecule has 2 aromatic rings. The van der Waals surface area contributed by atoms with Gasteiger partial charge in [0.05, 0.1) is 18.5 Å². The monoisotopic (exact) mass is 240 g/mol. The van der Waals surface area contributed by atoms with Crippen LogP contribution in [0.25, 0.3) is 11.3 Å². The summed E-state index contributed by atoms with van der Waals surface area (Å²) in [5.74, 6) is 0. The molecule has 18 heavy (non-hydrogen) atoms. The second-order valence-corrected chi connectivity index (χ2v) is 4.53. The smallest absolute Gasteiger partial charge is 0.0865 e. The molecule has 1 atom stereocenters. The fraction of sp³-hybridized carbons (Fsp3) is 0.214. The molecular formula is C14H16N4. The molecule has 0 fully saturated rings. The molecule has 0 spiro atoms. The van der Waals surface area contributed by atoms with Gasteiger partial charge in [0.15, 0.2) is 0 Å². The third-order valence-electron chi connectivity index (χ3n) is 3.19. The van der Waals surface area contributed by atoms with Crippen molar-refractivity contribution in [3.63, 3.8) is 0 Å². The molecule has 0 amide bonds. The molecular weight excluding hydrogens is 224 g/mol. The Morgan fingerprint density at radius 1 is 1.33 bits per heavy atom. The molecule has 0 radical (unpaired) electrons. The van der Waals surface area contributed by atoms with E-state index in [9.17, 15) is 0 Å². The number of hydrogen-bond acceptors (Lipinski definition) is 4. The first-order chi connectivity index (χ1) is 8.75. The van der Waals surface area contributed by atoms with Crippen LogP contribution in [0.2, 0.25) is 0 Å². The number of fused-ring (bicyclic) bond motifs is 1. The zero-order valence-corrected chi connectivity index (χ0v) is 10.3. The molecule has 1 aliphatic rings. The van der Waals surface area contributed by atoms with Crippen molar-refractivity contribution in [3.8, 4) is 11.3 Å². The predicted octanol–water partition coefficient (Wildman–Crippen LogP) is 1.99. The van der Waals surface area contributed by atoms with E-state index >= 15 is 0 Å². The molecule has 1 aromatic heterocycles. The second kappa shape index (κ2) is 4.40. The molecule has 92 valence electrons. The van der Waals surface area contributed by atoms with E-state index in [1.54, 1.807) is 0 Å². The van der Waals surface area contributed by atoms with Gasteiger partial charge >= 0.3 is 0 Å². The van der Waals surface area contributed by atoms with E-state index in [2.05, 4.69) is 40.7 Å². The molecule has 1 aliphatic heterocycles. The lowest BCUT2D eigenvalue weighted by Gasteiger charge is -2.27. The average Bonchev–Trinajstić information content (AvgIpc) is 2.38. The first-order valence-corrected chi connectivity index (χ1v) is 6.04. The maximum absolute atomic E-state index is 6.13. The number of nitrogens with one attached hydrogen (secondary N) is 2. The molecule has 2 heterocycles. The van der Waals surface area contributed by atoms with Crippen molar-refractivity contribution in [1.82, 2.24) is 10.3 Å². The fourth-order valence-corrected chi connectivity index (χ4v) is 2.32. The average molecular weight is 240 g/mol. The quantitative estimate of drug-likeness (QED) is 0.713. The number of pyridine rings is 1. The van der Waals surface area contributed by atoms with Crippen molar-refractivity contribution >= 4 is 5.69 Å². The van der Waals surface area contributed by atoms with E-state index in [1.807, 2.05) is 18.3 Å². The third-order valence-corrected chi connectivity index (χ3v) is 3.19. The van der Waals surface area contributed by atoms with Gasteiger partial charge in [-0.25, -0.2) is 0 Å². The number of nitrogens with two attached hydrogens (primary N) is 1. The van der Waals surface area contributed by atoms with Crippen LogP contribution in [0.3, 0.4) is 0 Å². The van der Waals surface area contributed by atoms with Gasteiger partial charge in [-0.3, -0.25) is 10.3 Å². The minimum Gasteiger partial charge on any atom is -0.372 e. The van der Waals surface area contributed by atoms with Gasteiger partial charge in [-0.15, -0.1) is 0 Å². The summed E-state index contributed by atoms with van der Waals surface area (Å²) in [5, 5.41) is 6.48. The highest BCUT2D eigenvalue weighted by Gasteiger charge is 2.20. The lowest BCUT2D eigenvalue weighted by Crippen LogP contribution is -2.38. The number of anilines is 1. The summed E-state index contributed by atoms with van der Waals surface area (Å²) in [7, 11) is 0. The summed E-state index contributed by atoms with van der Waals surface area (Å²) >= 11 is 0. The summed E-state index contributed by atoms with van der Waals surface area (Å²) in [4.78, 5) is 4.49. The summed E-state index contributed by atoms with van der Waals surface area (Å²) < 4.78 is 0. The van der Waals surface area contributed by atoms with Crippen LogP contribution in [0.5, 0.6) is 0 Å². The maximum atomic E-state index is 6.13. The van der Waals surface area contributed by atoms with E-state index in [4.69, 9.17) is 5.73 Å². The Morgan fingerprint density at radius 2 is 2.22 bits per heavy atom. The topological polar surface area (TPSA) is 63.0 Å². The molecule has 4 nitrogen and oxygen atoms in total. The summed E-state index contributed by atoms with van der Waals surface area (Å²) in [6.07, 6.45) is 1.65. The van der Waals surface area contributed by atoms with Crippen molar-refractivity contribution in [2.24, 2.45) is 5.73 Å². The molecule has 1 aromatic carbocycles. The highest BCUT2D eigenvalue weighted by atomic mass is 15.2. The van der Waals surface area contributed by atoms with Crippen molar-refractivity contribution in [1.29, 1.82) is 0 Å². The van der Waals surface area contributed by atoms with Crippen LogP contribution in [-0.4, -0.2) is 11.7 Å². The largest absolute Gasteiger partial charge is 0.372 e. The highest BCUT2D eigenvalue weighted by molar-refractivity contribution is 5.72. The molecule has 0 bridgehead atoms. The minimum absolute atomic E-state index is 0.175. The Kier molecular flexibility index (Phi) is 2.74. The van der Waals surface area contributed by atoms with Crippen molar-refractivity contribution in [2.45, 2.75) is 13.1 Å². The standard InChI is InChI=1S/C14H16N4/c1-9-3-2-4-10(7-9)13-12-11(5-6-16-13)17-8-18-14(12)15/h2-7,14,17-18H,8,15H2,1H3. The summed E-state index contributed by atoms with van der Waals surface area (Å²) in [6.45, 7) is 2.76. The number of nitrogens with zero attached hydrogens (tertiary/aromatic N) is 1. The summed E-state index contributed by atoms with van der Waals surface area (Å²) in [6, 6.07) is 10.3. The van der Waals surface area contributed by atoms with Crippen molar-refractivity contribution < 1.29 is 0 Å². The van der Waals surface area contributed by atoms with Gasteiger partial charge in [-0.1, -0.05) is 23.8 Å². The summed E-state index contributed by atoms with van der Waals surface area (Å²) in [5.41, 5.74) is 11.5. The Morgan fingerprint density at radius 3 is 3.06 bits per heavy atom. The second-order valence-electron chi connectivity index (χ2n) is 4.53. The normalized spacial score (nSPS) is 18.0. The number of aryl methyl sites for hydroxylation is 1. The molecule has 0 aliphatic carbocycles. The van der Waals surface area contributed by atoms with E-state index in [0.717, 1.165) is 22.5 Å². The fourth-order valence-electron chi connectivity index (χ4n) is 2.32. The van der Waals surface area contributed by atoms with Crippen LogP contribution in [0, 0.1) is 6.92 Å². The SMILES string of the molecule is Cc1cccc(-c2nccc3c2C(N)NCN3)c1. The first kappa shape index (κ1) is 11.2. The Labute approximate surface area is 106 Å².